The lowest BCUT2D eigenvalue weighted by Gasteiger charge is -2.29. The topological polar surface area (TPSA) is 40.8 Å². The molecule has 6 aromatic heterocycles. The maximum atomic E-state index is 5.84. The van der Waals surface area contributed by atoms with Gasteiger partial charge in [0.25, 0.3) is 0 Å². The van der Waals surface area contributed by atoms with E-state index in [9.17, 15) is 0 Å². The highest BCUT2D eigenvalue weighted by atomic mass is 15.2. The van der Waals surface area contributed by atoms with Gasteiger partial charge >= 0.3 is 0 Å². The Balaban J connectivity index is 0.871. The Kier molecular flexibility index (Phi) is 10.3. The summed E-state index contributed by atoms with van der Waals surface area (Å²) < 4.78 is 12.3. The molecule has 2 aliphatic rings. The van der Waals surface area contributed by atoms with Crippen LogP contribution in [0.3, 0.4) is 0 Å². The molecule has 0 fully saturated rings. The van der Waals surface area contributed by atoms with Gasteiger partial charge in [0.15, 0.2) is 0 Å². The molecule has 7 heteroatoms. The van der Waals surface area contributed by atoms with Gasteiger partial charge in [-0.15, -0.1) is 0 Å². The molecule has 90 heavy (non-hydrogen) atoms. The third kappa shape index (κ3) is 6.80. The summed E-state index contributed by atoms with van der Waals surface area (Å²) in [6.45, 7) is 0. The lowest BCUT2D eigenvalue weighted by atomic mass is 9.91. The van der Waals surface area contributed by atoms with Crippen LogP contribution in [0.15, 0.2) is 309 Å². The SMILES string of the molecule is C1=CC2c3ccc4c(c3N(c3ccccc3)C2C=C1)c1ccccc1n4-c1cc(-c2cccc(-n3c4ccccc4c4c3ccc3c5ccccc5n(-c5ccccc5)c34)n2)cc(-n2c3ccccc3c3c2ccc2c4ccccc4n(-c4ccccc4)c23)c1. The second kappa shape index (κ2) is 18.8. The number of rotatable bonds is 7. The van der Waals surface area contributed by atoms with Gasteiger partial charge < -0.3 is 23.2 Å². The van der Waals surface area contributed by atoms with Crippen molar-refractivity contribution in [2.24, 2.45) is 0 Å². The van der Waals surface area contributed by atoms with E-state index in [-0.39, 0.29) is 12.0 Å². The van der Waals surface area contributed by atoms with E-state index in [0.29, 0.717) is 0 Å². The minimum absolute atomic E-state index is 0.144. The molecule has 1 aliphatic heterocycles. The van der Waals surface area contributed by atoms with E-state index < -0.39 is 0 Å². The van der Waals surface area contributed by atoms with Crippen molar-refractivity contribution in [2.45, 2.75) is 12.0 Å². The fourth-order valence-corrected chi connectivity index (χ4v) is 16.0. The normalized spacial score (nSPS) is 14.8. The third-order valence-electron chi connectivity index (χ3n) is 19.5. The lowest BCUT2D eigenvalue weighted by Crippen LogP contribution is -2.28. The molecule has 0 radical (unpaired) electrons. The molecule has 0 bridgehead atoms. The smallest absolute Gasteiger partial charge is 0.138 e. The molecular formula is C83H53N7. The Labute approximate surface area is 517 Å². The number of nitrogens with zero attached hydrogens (tertiary/aromatic N) is 7. The van der Waals surface area contributed by atoms with Gasteiger partial charge in [-0.1, -0.05) is 194 Å². The van der Waals surface area contributed by atoms with E-state index in [1.807, 2.05) is 0 Å². The van der Waals surface area contributed by atoms with Gasteiger partial charge in [0, 0.05) is 93.8 Å². The fraction of sp³-hybridized carbons (Fsp3) is 0.0241. The van der Waals surface area contributed by atoms with Crippen molar-refractivity contribution in [3.05, 3.63) is 315 Å². The highest BCUT2D eigenvalue weighted by Gasteiger charge is 2.40. The molecule has 0 amide bonds. The van der Waals surface area contributed by atoms with E-state index in [4.69, 9.17) is 4.98 Å². The summed E-state index contributed by atoms with van der Waals surface area (Å²) in [6.07, 6.45) is 9.20. The van der Waals surface area contributed by atoms with Crippen molar-refractivity contribution in [1.82, 2.24) is 27.8 Å². The average Bonchev–Trinajstić information content (AvgIpc) is 1.57. The maximum Gasteiger partial charge on any atom is 0.138 e. The molecule has 0 saturated heterocycles. The number of anilines is 2. The highest BCUT2D eigenvalue weighted by molar-refractivity contribution is 6.28. The van der Waals surface area contributed by atoms with Crippen molar-refractivity contribution in [2.75, 3.05) is 4.90 Å². The van der Waals surface area contributed by atoms with E-state index in [1.165, 1.54) is 92.9 Å². The quantitative estimate of drug-likeness (QED) is 0.160. The van der Waals surface area contributed by atoms with Crippen LogP contribution >= 0.6 is 0 Å². The predicted octanol–water partition coefficient (Wildman–Crippen LogP) is 21.0. The maximum absolute atomic E-state index is 5.84. The van der Waals surface area contributed by atoms with Crippen molar-refractivity contribution in [3.63, 3.8) is 0 Å². The molecule has 0 saturated carbocycles. The van der Waals surface area contributed by atoms with Crippen LogP contribution < -0.4 is 4.90 Å². The van der Waals surface area contributed by atoms with Gasteiger partial charge in [-0.2, -0.15) is 0 Å². The number of hydrogen-bond acceptors (Lipinski definition) is 2. The first-order valence-corrected chi connectivity index (χ1v) is 31.1. The zero-order valence-corrected chi connectivity index (χ0v) is 48.7. The summed E-state index contributed by atoms with van der Waals surface area (Å²) in [5.41, 5.74) is 21.5. The second-order valence-electron chi connectivity index (χ2n) is 24.2. The first-order chi connectivity index (χ1) is 44.7. The molecule has 2 unspecified atom stereocenters. The molecule has 1 aliphatic carbocycles. The minimum Gasteiger partial charge on any atom is -0.333 e. The Morgan fingerprint density at radius 3 is 1.27 bits per heavy atom. The molecule has 7 nitrogen and oxygen atoms in total. The van der Waals surface area contributed by atoms with Gasteiger partial charge in [-0.3, -0.25) is 4.57 Å². The van der Waals surface area contributed by atoms with Gasteiger partial charge in [0.05, 0.1) is 72.6 Å². The summed E-state index contributed by atoms with van der Waals surface area (Å²) >= 11 is 0. The van der Waals surface area contributed by atoms with E-state index in [2.05, 4.69) is 337 Å². The molecule has 18 aromatic rings. The van der Waals surface area contributed by atoms with E-state index >= 15 is 0 Å². The Morgan fingerprint density at radius 2 is 0.711 bits per heavy atom. The van der Waals surface area contributed by atoms with Crippen molar-refractivity contribution in [1.29, 1.82) is 0 Å². The van der Waals surface area contributed by atoms with Crippen LogP contribution in [0.4, 0.5) is 11.4 Å². The van der Waals surface area contributed by atoms with E-state index in [0.717, 1.165) is 72.9 Å². The predicted molar refractivity (Wildman–Crippen MR) is 375 cm³/mol. The number of fused-ring (bicyclic) bond motifs is 21. The molecule has 12 aromatic carbocycles. The minimum atomic E-state index is 0.144. The highest BCUT2D eigenvalue weighted by Crippen LogP contribution is 2.54. The zero-order valence-electron chi connectivity index (χ0n) is 48.7. The van der Waals surface area contributed by atoms with Crippen LogP contribution in [0.1, 0.15) is 11.5 Å². The van der Waals surface area contributed by atoms with Crippen molar-refractivity contribution in [3.8, 4) is 39.8 Å². The Hall–Kier alpha value is -11.9. The van der Waals surface area contributed by atoms with Crippen LogP contribution in [0.5, 0.6) is 0 Å². The largest absolute Gasteiger partial charge is 0.333 e. The second-order valence-corrected chi connectivity index (χ2v) is 24.2. The standard InChI is InChI=1S/C83H53N7/c1-4-23-53(24-5-1)87-68-36-16-10-29-58(68)61-43-46-74-78(81(61)87)64-32-13-19-39-71(64)85(74)56-49-52(50-57(51-56)86-72-40-20-14-33-65(72)79-75(86)47-44-62-59-30-11-17-37-69(59)88(82(62)79)54-25-6-2-7-26-54)67-35-22-42-77(84-67)90-73-41-21-15-34-66(73)80-76(90)48-45-63-60-31-12-18-38-70(60)89(83(63)80)55-27-8-3-9-28-55/h1-51,58,68H. The molecule has 7 heterocycles. The lowest BCUT2D eigenvalue weighted by molar-refractivity contribution is 0.745. The Morgan fingerprint density at radius 1 is 0.278 bits per heavy atom. The number of para-hydroxylation sites is 8. The fourth-order valence-electron chi connectivity index (χ4n) is 16.0. The first kappa shape index (κ1) is 49.2. The number of pyridine rings is 1. The summed E-state index contributed by atoms with van der Waals surface area (Å²) in [5, 5.41) is 12.1. The summed E-state index contributed by atoms with van der Waals surface area (Å²) in [5.74, 6) is 1.06. The number of benzene rings is 12. The number of hydrogen-bond donors (Lipinski definition) is 0. The summed E-state index contributed by atoms with van der Waals surface area (Å²) in [6, 6.07) is 105. The number of aromatic nitrogens is 6. The summed E-state index contributed by atoms with van der Waals surface area (Å²) in [7, 11) is 0. The molecular weight excluding hydrogens is 1090 g/mol. The average molecular weight is 1150 g/mol. The Bertz CT molecular complexity index is 6110. The van der Waals surface area contributed by atoms with Crippen LogP contribution in [-0.2, 0) is 0 Å². The van der Waals surface area contributed by atoms with Crippen LogP contribution in [0, 0.1) is 0 Å². The van der Waals surface area contributed by atoms with Crippen molar-refractivity contribution >= 4 is 120 Å². The molecule has 420 valence electrons. The molecule has 2 atom stereocenters. The van der Waals surface area contributed by atoms with Gasteiger partial charge in [-0.05, 0) is 121 Å². The van der Waals surface area contributed by atoms with Crippen LogP contribution in [0.2, 0.25) is 0 Å². The molecule has 0 N–H and O–H groups in total. The monoisotopic (exact) mass is 1150 g/mol. The van der Waals surface area contributed by atoms with Gasteiger partial charge in [0.2, 0.25) is 0 Å². The van der Waals surface area contributed by atoms with Crippen molar-refractivity contribution < 1.29 is 0 Å². The van der Waals surface area contributed by atoms with Crippen LogP contribution in [0.25, 0.3) is 149 Å². The van der Waals surface area contributed by atoms with Gasteiger partial charge in [0.1, 0.15) is 5.82 Å². The van der Waals surface area contributed by atoms with E-state index in [1.54, 1.807) is 0 Å². The van der Waals surface area contributed by atoms with Crippen LogP contribution in [-0.4, -0.2) is 33.9 Å². The molecule has 20 rings (SSSR count). The first-order valence-electron chi connectivity index (χ1n) is 31.1. The van der Waals surface area contributed by atoms with Gasteiger partial charge in [-0.25, -0.2) is 4.98 Å². The zero-order chi connectivity index (χ0) is 58.7. The third-order valence-corrected chi connectivity index (χ3v) is 19.5. The number of allylic oxidation sites excluding steroid dienone is 2. The summed E-state index contributed by atoms with van der Waals surface area (Å²) in [4.78, 5) is 8.43. The molecule has 0 spiro atoms.